The van der Waals surface area contributed by atoms with Crippen molar-refractivity contribution in [1.82, 2.24) is 19.6 Å². The molecule has 102 valence electrons. The summed E-state index contributed by atoms with van der Waals surface area (Å²) in [5.74, 6) is 0. The van der Waals surface area contributed by atoms with E-state index in [2.05, 4.69) is 19.6 Å². The van der Waals surface area contributed by atoms with Crippen molar-refractivity contribution < 1.29 is 0 Å². The maximum absolute atomic E-state index is 2.79. The van der Waals surface area contributed by atoms with Crippen LogP contribution in [0.1, 0.15) is 25.7 Å². The molecular weight excluding hydrogens is 224 g/mol. The first kappa shape index (κ1) is 11.6. The summed E-state index contributed by atoms with van der Waals surface area (Å²) in [4.78, 5) is 11.2. The number of hydrogen-bond donors (Lipinski definition) is 0. The molecule has 0 aromatic rings. The van der Waals surface area contributed by atoms with Crippen molar-refractivity contribution in [3.8, 4) is 0 Å². The van der Waals surface area contributed by atoms with E-state index in [0.717, 1.165) is 0 Å². The molecule has 4 nitrogen and oxygen atoms in total. The summed E-state index contributed by atoms with van der Waals surface area (Å²) in [6.45, 7) is 10.6. The van der Waals surface area contributed by atoms with Gasteiger partial charge in [0.25, 0.3) is 0 Å². The molecule has 4 aliphatic heterocycles. The van der Waals surface area contributed by atoms with Crippen LogP contribution in [-0.2, 0) is 0 Å². The standard InChI is InChI=1S/C14H26N4/c1-5-15-9-3-11-17-7-2-8-18-12-4-10-16(6-1)13(15)14(17)18/h13-14H,1-12H2. The fourth-order valence-electron chi connectivity index (χ4n) is 4.63. The molecule has 4 heteroatoms. The summed E-state index contributed by atoms with van der Waals surface area (Å²) in [5.41, 5.74) is 0. The Hall–Kier alpha value is -0.160. The molecule has 0 aromatic heterocycles. The van der Waals surface area contributed by atoms with Gasteiger partial charge in [-0.1, -0.05) is 0 Å². The molecular formula is C14H26N4. The third-order valence-corrected chi connectivity index (χ3v) is 5.33. The molecule has 0 N–H and O–H groups in total. The summed E-state index contributed by atoms with van der Waals surface area (Å²) in [5, 5.41) is 0. The van der Waals surface area contributed by atoms with Crippen molar-refractivity contribution in [3.63, 3.8) is 0 Å². The molecule has 4 fully saturated rings. The van der Waals surface area contributed by atoms with Crippen LogP contribution < -0.4 is 0 Å². The first-order chi connectivity index (χ1) is 8.93. The van der Waals surface area contributed by atoms with E-state index in [1.807, 2.05) is 0 Å². The van der Waals surface area contributed by atoms with Crippen molar-refractivity contribution in [3.05, 3.63) is 0 Å². The van der Waals surface area contributed by atoms with Gasteiger partial charge in [-0.05, 0) is 25.7 Å². The molecule has 0 spiro atoms. The van der Waals surface area contributed by atoms with Crippen molar-refractivity contribution in [2.24, 2.45) is 0 Å². The minimum absolute atomic E-state index is 0.698. The summed E-state index contributed by atoms with van der Waals surface area (Å²) in [6.07, 6.45) is 6.89. The highest BCUT2D eigenvalue weighted by molar-refractivity contribution is 4.96. The summed E-state index contributed by atoms with van der Waals surface area (Å²) in [6, 6.07) is 0. The second-order valence-corrected chi connectivity index (χ2v) is 6.39. The van der Waals surface area contributed by atoms with Gasteiger partial charge >= 0.3 is 0 Å². The zero-order valence-electron chi connectivity index (χ0n) is 11.4. The van der Waals surface area contributed by atoms with Crippen LogP contribution in [0.5, 0.6) is 0 Å². The Kier molecular flexibility index (Phi) is 3.07. The number of nitrogens with zero attached hydrogens (tertiary/aromatic N) is 4. The Bertz CT molecular complexity index is 254. The van der Waals surface area contributed by atoms with Crippen LogP contribution in [0.25, 0.3) is 0 Å². The quantitative estimate of drug-likeness (QED) is 0.619. The van der Waals surface area contributed by atoms with Crippen LogP contribution in [-0.4, -0.2) is 84.3 Å². The molecule has 0 unspecified atom stereocenters. The van der Waals surface area contributed by atoms with E-state index in [9.17, 15) is 0 Å². The van der Waals surface area contributed by atoms with Gasteiger partial charge in [-0.3, -0.25) is 19.6 Å². The smallest absolute Gasteiger partial charge is 0.0921 e. The predicted octanol–water partition coefficient (Wildman–Crippen LogP) is 0.461. The number of rotatable bonds is 0. The van der Waals surface area contributed by atoms with Crippen LogP contribution in [0.3, 0.4) is 0 Å². The normalized spacial score (nSPS) is 40.0. The summed E-state index contributed by atoms with van der Waals surface area (Å²) < 4.78 is 0. The number of hydrogen-bond acceptors (Lipinski definition) is 4. The molecule has 0 radical (unpaired) electrons. The molecule has 4 aliphatic rings. The first-order valence-corrected chi connectivity index (χ1v) is 7.90. The third-order valence-electron chi connectivity index (χ3n) is 5.33. The van der Waals surface area contributed by atoms with Crippen molar-refractivity contribution in [2.45, 2.75) is 38.0 Å². The van der Waals surface area contributed by atoms with E-state index in [1.165, 1.54) is 78.0 Å². The van der Waals surface area contributed by atoms with Crippen LogP contribution in [0.15, 0.2) is 0 Å². The maximum Gasteiger partial charge on any atom is 0.0921 e. The van der Waals surface area contributed by atoms with Gasteiger partial charge in [-0.15, -0.1) is 0 Å². The van der Waals surface area contributed by atoms with Crippen LogP contribution >= 0.6 is 0 Å². The lowest BCUT2D eigenvalue weighted by Gasteiger charge is -2.51. The van der Waals surface area contributed by atoms with E-state index in [1.54, 1.807) is 0 Å². The average molecular weight is 250 g/mol. The van der Waals surface area contributed by atoms with Gasteiger partial charge < -0.3 is 0 Å². The highest BCUT2D eigenvalue weighted by Crippen LogP contribution is 2.31. The molecule has 0 amide bonds. The third kappa shape index (κ3) is 1.82. The van der Waals surface area contributed by atoms with E-state index in [0.29, 0.717) is 12.3 Å². The Labute approximate surface area is 110 Å². The minimum atomic E-state index is 0.698. The van der Waals surface area contributed by atoms with Gasteiger partial charge in [0, 0.05) is 52.4 Å². The largest absolute Gasteiger partial charge is 0.285 e. The van der Waals surface area contributed by atoms with Gasteiger partial charge in [0.05, 0.1) is 12.3 Å². The van der Waals surface area contributed by atoms with Gasteiger partial charge in [-0.2, -0.15) is 0 Å². The first-order valence-electron chi connectivity index (χ1n) is 7.90. The molecule has 4 heterocycles. The highest BCUT2D eigenvalue weighted by atomic mass is 15.5. The second kappa shape index (κ2) is 4.75. The predicted molar refractivity (Wildman–Crippen MR) is 72.3 cm³/mol. The zero-order chi connectivity index (χ0) is 11.9. The lowest BCUT2D eigenvalue weighted by atomic mass is 10.1. The highest BCUT2D eigenvalue weighted by Gasteiger charge is 2.45. The van der Waals surface area contributed by atoms with E-state index in [-0.39, 0.29) is 0 Å². The second-order valence-electron chi connectivity index (χ2n) is 6.39. The molecule has 0 aliphatic carbocycles. The SMILES string of the molecule is C1CN2CCCN3CCCN4CCCN(C1)C2C34. The van der Waals surface area contributed by atoms with Crippen molar-refractivity contribution >= 4 is 0 Å². The summed E-state index contributed by atoms with van der Waals surface area (Å²) in [7, 11) is 0. The topological polar surface area (TPSA) is 13.0 Å². The fourth-order valence-corrected chi connectivity index (χ4v) is 4.63. The molecule has 0 saturated carbocycles. The van der Waals surface area contributed by atoms with Crippen LogP contribution in [0, 0.1) is 0 Å². The van der Waals surface area contributed by atoms with Crippen LogP contribution in [0.2, 0.25) is 0 Å². The van der Waals surface area contributed by atoms with Gasteiger partial charge in [-0.25, -0.2) is 0 Å². The summed E-state index contributed by atoms with van der Waals surface area (Å²) >= 11 is 0. The average Bonchev–Trinajstić information content (AvgIpc) is 2.70. The Morgan fingerprint density at radius 1 is 0.389 bits per heavy atom. The Balaban J connectivity index is 1.70. The van der Waals surface area contributed by atoms with E-state index in [4.69, 9.17) is 0 Å². The molecule has 0 aromatic carbocycles. The zero-order valence-corrected chi connectivity index (χ0v) is 11.4. The van der Waals surface area contributed by atoms with Crippen molar-refractivity contribution in [1.29, 1.82) is 0 Å². The van der Waals surface area contributed by atoms with Gasteiger partial charge in [0.15, 0.2) is 0 Å². The monoisotopic (exact) mass is 250 g/mol. The molecule has 18 heavy (non-hydrogen) atoms. The molecule has 0 atom stereocenters. The minimum Gasteiger partial charge on any atom is -0.285 e. The Morgan fingerprint density at radius 2 is 0.611 bits per heavy atom. The fraction of sp³-hybridized carbons (Fsp3) is 1.00. The lowest BCUT2D eigenvalue weighted by molar-refractivity contribution is -0.0905. The maximum atomic E-state index is 2.79. The van der Waals surface area contributed by atoms with E-state index >= 15 is 0 Å². The van der Waals surface area contributed by atoms with Crippen molar-refractivity contribution in [2.75, 3.05) is 52.4 Å². The Morgan fingerprint density at radius 3 is 0.833 bits per heavy atom. The molecule has 4 rings (SSSR count). The lowest BCUT2D eigenvalue weighted by Crippen LogP contribution is -2.66. The van der Waals surface area contributed by atoms with Gasteiger partial charge in [0.1, 0.15) is 0 Å². The van der Waals surface area contributed by atoms with Gasteiger partial charge in [0.2, 0.25) is 0 Å². The molecule has 0 bridgehead atoms. The molecule has 4 saturated heterocycles. The van der Waals surface area contributed by atoms with Crippen LogP contribution in [0.4, 0.5) is 0 Å². The van der Waals surface area contributed by atoms with E-state index < -0.39 is 0 Å².